The SMILES string of the molecule is CCOc1ccc(CCNC(=O)c2ccc(C(C)Cl)o2)cc1. The number of hydrogen-bond donors (Lipinski definition) is 1. The second-order valence-electron chi connectivity index (χ2n) is 4.90. The van der Waals surface area contributed by atoms with Crippen LogP contribution in [0.4, 0.5) is 0 Å². The number of carbonyl (C=O) groups is 1. The van der Waals surface area contributed by atoms with Crippen LogP contribution in [0.5, 0.6) is 5.75 Å². The summed E-state index contributed by atoms with van der Waals surface area (Å²) in [5, 5.41) is 2.59. The lowest BCUT2D eigenvalue weighted by molar-refractivity contribution is 0.0924. The molecule has 0 bridgehead atoms. The van der Waals surface area contributed by atoms with Gasteiger partial charge in [0.2, 0.25) is 0 Å². The lowest BCUT2D eigenvalue weighted by Crippen LogP contribution is -2.25. The van der Waals surface area contributed by atoms with Crippen LogP contribution in [0.2, 0.25) is 0 Å². The van der Waals surface area contributed by atoms with Gasteiger partial charge in [0.25, 0.3) is 5.91 Å². The Labute approximate surface area is 135 Å². The fraction of sp³-hybridized carbons (Fsp3) is 0.353. The molecular formula is C17H20ClNO3. The fourth-order valence-electron chi connectivity index (χ4n) is 2.02. The molecular weight excluding hydrogens is 302 g/mol. The normalized spacial score (nSPS) is 12.0. The van der Waals surface area contributed by atoms with Crippen LogP contribution < -0.4 is 10.1 Å². The van der Waals surface area contributed by atoms with E-state index >= 15 is 0 Å². The second kappa shape index (κ2) is 7.90. The van der Waals surface area contributed by atoms with E-state index in [1.807, 2.05) is 31.2 Å². The zero-order chi connectivity index (χ0) is 15.9. The standard InChI is InChI=1S/C17H20ClNO3/c1-3-21-14-6-4-13(5-7-14)10-11-19-17(20)16-9-8-15(22-16)12(2)18/h4-9,12H,3,10-11H2,1-2H3,(H,19,20). The highest BCUT2D eigenvalue weighted by molar-refractivity contribution is 6.20. The van der Waals surface area contributed by atoms with Crippen LogP contribution >= 0.6 is 11.6 Å². The Hall–Kier alpha value is -1.94. The van der Waals surface area contributed by atoms with Crippen molar-refractivity contribution >= 4 is 17.5 Å². The van der Waals surface area contributed by atoms with E-state index in [-0.39, 0.29) is 17.0 Å². The topological polar surface area (TPSA) is 51.5 Å². The van der Waals surface area contributed by atoms with Crippen molar-refractivity contribution in [1.29, 1.82) is 0 Å². The molecule has 4 nitrogen and oxygen atoms in total. The van der Waals surface area contributed by atoms with Gasteiger partial charge in [-0.05, 0) is 50.1 Å². The first kappa shape index (κ1) is 16.4. The Morgan fingerprint density at radius 3 is 2.59 bits per heavy atom. The highest BCUT2D eigenvalue weighted by Crippen LogP contribution is 2.21. The first-order chi connectivity index (χ1) is 10.6. The lowest BCUT2D eigenvalue weighted by atomic mass is 10.1. The number of halogens is 1. The summed E-state index contributed by atoms with van der Waals surface area (Å²) in [5.41, 5.74) is 1.14. The number of carbonyl (C=O) groups excluding carboxylic acids is 1. The molecule has 1 atom stereocenters. The van der Waals surface area contributed by atoms with E-state index in [1.54, 1.807) is 19.1 Å². The van der Waals surface area contributed by atoms with Gasteiger partial charge in [-0.3, -0.25) is 4.79 Å². The molecule has 2 rings (SSSR count). The summed E-state index contributed by atoms with van der Waals surface area (Å²) in [7, 11) is 0. The van der Waals surface area contributed by atoms with E-state index in [0.717, 1.165) is 17.7 Å². The Morgan fingerprint density at radius 1 is 1.27 bits per heavy atom. The van der Waals surface area contributed by atoms with Crippen molar-refractivity contribution < 1.29 is 13.9 Å². The minimum absolute atomic E-state index is 0.227. The number of rotatable bonds is 7. The number of alkyl halides is 1. The highest BCUT2D eigenvalue weighted by atomic mass is 35.5. The van der Waals surface area contributed by atoms with E-state index in [9.17, 15) is 4.79 Å². The van der Waals surface area contributed by atoms with Crippen LogP contribution in [0.25, 0.3) is 0 Å². The van der Waals surface area contributed by atoms with Gasteiger partial charge in [-0.15, -0.1) is 11.6 Å². The summed E-state index contributed by atoms with van der Waals surface area (Å²) in [6.07, 6.45) is 0.748. The average molecular weight is 322 g/mol. The van der Waals surface area contributed by atoms with Crippen molar-refractivity contribution in [3.8, 4) is 5.75 Å². The van der Waals surface area contributed by atoms with Crippen LogP contribution in [0.1, 0.15) is 41.1 Å². The molecule has 1 unspecified atom stereocenters. The third kappa shape index (κ3) is 4.53. The third-order valence-electron chi connectivity index (χ3n) is 3.18. The Kier molecular flexibility index (Phi) is 5.90. The van der Waals surface area contributed by atoms with Gasteiger partial charge in [-0.25, -0.2) is 0 Å². The molecule has 0 radical (unpaired) electrons. The third-order valence-corrected chi connectivity index (χ3v) is 3.39. The van der Waals surface area contributed by atoms with Crippen molar-refractivity contribution in [3.63, 3.8) is 0 Å². The molecule has 0 aliphatic heterocycles. The Bertz CT molecular complexity index is 605. The van der Waals surface area contributed by atoms with Gasteiger partial charge in [0.15, 0.2) is 5.76 Å². The van der Waals surface area contributed by atoms with Crippen LogP contribution in [0.3, 0.4) is 0 Å². The molecule has 1 heterocycles. The number of ether oxygens (including phenoxy) is 1. The number of benzene rings is 1. The van der Waals surface area contributed by atoms with Crippen molar-refractivity contribution in [3.05, 3.63) is 53.5 Å². The Balaban J connectivity index is 1.81. The zero-order valence-corrected chi connectivity index (χ0v) is 13.5. The van der Waals surface area contributed by atoms with E-state index in [4.69, 9.17) is 20.8 Å². The molecule has 1 aromatic heterocycles. The molecule has 0 saturated carbocycles. The van der Waals surface area contributed by atoms with Gasteiger partial charge in [0.05, 0.1) is 12.0 Å². The summed E-state index contributed by atoms with van der Waals surface area (Å²) in [6.45, 7) is 4.95. The first-order valence-corrected chi connectivity index (χ1v) is 7.77. The van der Waals surface area contributed by atoms with Crippen LogP contribution in [-0.2, 0) is 6.42 Å². The molecule has 118 valence electrons. The predicted octanol–water partition coefficient (Wildman–Crippen LogP) is 3.95. The minimum Gasteiger partial charge on any atom is -0.494 e. The summed E-state index contributed by atoms with van der Waals surface area (Å²) in [5.74, 6) is 1.51. The van der Waals surface area contributed by atoms with Gasteiger partial charge in [0, 0.05) is 6.54 Å². The van der Waals surface area contributed by atoms with E-state index in [0.29, 0.717) is 18.9 Å². The summed E-state index contributed by atoms with van der Waals surface area (Å²) in [6, 6.07) is 11.2. The molecule has 0 spiro atoms. The lowest BCUT2D eigenvalue weighted by Gasteiger charge is -2.06. The van der Waals surface area contributed by atoms with E-state index in [2.05, 4.69) is 5.32 Å². The molecule has 0 fully saturated rings. The van der Waals surface area contributed by atoms with Gasteiger partial charge >= 0.3 is 0 Å². The maximum atomic E-state index is 11.9. The number of furan rings is 1. The van der Waals surface area contributed by atoms with Crippen LogP contribution in [0, 0.1) is 0 Å². The highest BCUT2D eigenvalue weighted by Gasteiger charge is 2.13. The summed E-state index contributed by atoms with van der Waals surface area (Å²) in [4.78, 5) is 11.9. The molecule has 0 aliphatic rings. The smallest absolute Gasteiger partial charge is 0.287 e. The maximum absolute atomic E-state index is 11.9. The summed E-state index contributed by atoms with van der Waals surface area (Å²) < 4.78 is 10.8. The Morgan fingerprint density at radius 2 is 2.00 bits per heavy atom. The van der Waals surface area contributed by atoms with Gasteiger partial charge in [-0.1, -0.05) is 12.1 Å². The molecule has 1 N–H and O–H groups in total. The van der Waals surface area contributed by atoms with Crippen molar-refractivity contribution in [2.75, 3.05) is 13.2 Å². The number of hydrogen-bond acceptors (Lipinski definition) is 3. The maximum Gasteiger partial charge on any atom is 0.287 e. The summed E-state index contributed by atoms with van der Waals surface area (Å²) >= 11 is 5.91. The molecule has 22 heavy (non-hydrogen) atoms. The molecule has 1 aromatic carbocycles. The van der Waals surface area contributed by atoms with Crippen LogP contribution in [0.15, 0.2) is 40.8 Å². The van der Waals surface area contributed by atoms with E-state index < -0.39 is 0 Å². The molecule has 2 aromatic rings. The number of amides is 1. The van der Waals surface area contributed by atoms with Crippen LogP contribution in [-0.4, -0.2) is 19.1 Å². The van der Waals surface area contributed by atoms with Gasteiger partial charge in [0.1, 0.15) is 11.5 Å². The van der Waals surface area contributed by atoms with Gasteiger partial charge < -0.3 is 14.5 Å². The van der Waals surface area contributed by atoms with Crippen molar-refractivity contribution in [1.82, 2.24) is 5.32 Å². The minimum atomic E-state index is -0.245. The molecule has 0 saturated heterocycles. The zero-order valence-electron chi connectivity index (χ0n) is 12.8. The quantitative estimate of drug-likeness (QED) is 0.786. The van der Waals surface area contributed by atoms with Gasteiger partial charge in [-0.2, -0.15) is 0 Å². The predicted molar refractivity (Wildman–Crippen MR) is 86.6 cm³/mol. The second-order valence-corrected chi connectivity index (χ2v) is 5.56. The molecule has 5 heteroatoms. The number of nitrogens with one attached hydrogen (secondary N) is 1. The molecule has 1 amide bonds. The molecule has 0 aliphatic carbocycles. The fourth-order valence-corrected chi connectivity index (χ4v) is 2.13. The van der Waals surface area contributed by atoms with Crippen molar-refractivity contribution in [2.45, 2.75) is 25.6 Å². The monoisotopic (exact) mass is 321 g/mol. The first-order valence-electron chi connectivity index (χ1n) is 7.34. The average Bonchev–Trinajstić information content (AvgIpc) is 2.99. The van der Waals surface area contributed by atoms with Crippen molar-refractivity contribution in [2.24, 2.45) is 0 Å². The largest absolute Gasteiger partial charge is 0.494 e. The van der Waals surface area contributed by atoms with E-state index in [1.165, 1.54) is 0 Å².